The van der Waals surface area contributed by atoms with E-state index >= 15 is 0 Å². The second-order valence-electron chi connectivity index (χ2n) is 7.96. The first-order valence-electron chi connectivity index (χ1n) is 10.00. The number of ether oxygens (including phenoxy) is 1. The molecule has 0 saturated carbocycles. The second-order valence-corrected chi connectivity index (χ2v) is 7.96. The molecule has 0 fully saturated rings. The van der Waals surface area contributed by atoms with Crippen LogP contribution in [0, 0.1) is 13.8 Å². The topological polar surface area (TPSA) is 32.7 Å². The maximum atomic E-state index is 12.5. The van der Waals surface area contributed by atoms with Gasteiger partial charge in [-0.25, -0.2) is 0 Å². The van der Waals surface area contributed by atoms with Gasteiger partial charge in [0.15, 0.2) is 0 Å². The Morgan fingerprint density at radius 3 is 2.17 bits per heavy atom. The number of rotatable bonds is 6. The summed E-state index contributed by atoms with van der Waals surface area (Å²) >= 11 is 0. The molecule has 1 unspecified atom stereocenters. The molecule has 0 saturated heterocycles. The maximum Gasteiger partial charge on any atom is 0.144 e. The summed E-state index contributed by atoms with van der Waals surface area (Å²) in [7, 11) is 5.78. The number of aliphatic hydroxyl groups is 1. The number of aryl methyl sites for hydroxylation is 2. The van der Waals surface area contributed by atoms with Crippen LogP contribution in [0.15, 0.2) is 66.7 Å². The van der Waals surface area contributed by atoms with Crippen molar-refractivity contribution in [3.63, 3.8) is 0 Å². The van der Waals surface area contributed by atoms with Gasteiger partial charge < -0.3 is 14.7 Å². The zero-order valence-corrected chi connectivity index (χ0v) is 18.2. The lowest BCUT2D eigenvalue weighted by atomic mass is 9.75. The molecule has 3 nitrogen and oxygen atoms in total. The lowest BCUT2D eigenvalue weighted by molar-refractivity contribution is 0.118. The SMILES string of the molecule is COc1cc(C)cc(C)c1C(O)(c1ccccc1)c1ccccc1[C@H](C)N(C)C. The summed E-state index contributed by atoms with van der Waals surface area (Å²) < 4.78 is 5.77. The first-order chi connectivity index (χ1) is 13.8. The molecular formula is C26H31NO2. The molecule has 1 N–H and O–H groups in total. The Kier molecular flexibility index (Phi) is 6.11. The van der Waals surface area contributed by atoms with Gasteiger partial charge in [0.2, 0.25) is 0 Å². The molecule has 2 atom stereocenters. The third-order valence-electron chi connectivity index (χ3n) is 5.79. The Morgan fingerprint density at radius 2 is 1.55 bits per heavy atom. The van der Waals surface area contributed by atoms with E-state index < -0.39 is 5.60 Å². The van der Waals surface area contributed by atoms with Crippen LogP contribution in [0.4, 0.5) is 0 Å². The highest BCUT2D eigenvalue weighted by Crippen LogP contribution is 2.45. The predicted molar refractivity (Wildman–Crippen MR) is 120 cm³/mol. The van der Waals surface area contributed by atoms with Gasteiger partial charge in [-0.05, 0) is 68.8 Å². The van der Waals surface area contributed by atoms with Gasteiger partial charge in [-0.1, -0.05) is 60.7 Å². The van der Waals surface area contributed by atoms with Crippen LogP contribution >= 0.6 is 0 Å². The third-order valence-corrected chi connectivity index (χ3v) is 5.79. The van der Waals surface area contributed by atoms with Crippen molar-refractivity contribution < 1.29 is 9.84 Å². The van der Waals surface area contributed by atoms with Gasteiger partial charge in [0.25, 0.3) is 0 Å². The fourth-order valence-electron chi connectivity index (χ4n) is 4.14. The minimum Gasteiger partial charge on any atom is -0.496 e. The largest absolute Gasteiger partial charge is 0.496 e. The number of benzene rings is 3. The van der Waals surface area contributed by atoms with Crippen molar-refractivity contribution in [1.29, 1.82) is 0 Å². The molecule has 0 radical (unpaired) electrons. The molecule has 3 aromatic carbocycles. The van der Waals surface area contributed by atoms with Crippen LogP contribution in [-0.4, -0.2) is 31.2 Å². The smallest absolute Gasteiger partial charge is 0.144 e. The average molecular weight is 390 g/mol. The van der Waals surface area contributed by atoms with Crippen molar-refractivity contribution in [1.82, 2.24) is 4.90 Å². The monoisotopic (exact) mass is 389 g/mol. The highest BCUT2D eigenvalue weighted by Gasteiger charge is 2.40. The minimum absolute atomic E-state index is 0.137. The van der Waals surface area contributed by atoms with Crippen LogP contribution in [0.3, 0.4) is 0 Å². The van der Waals surface area contributed by atoms with E-state index in [1.165, 1.54) is 0 Å². The number of hydrogen-bond acceptors (Lipinski definition) is 3. The van der Waals surface area contributed by atoms with Crippen LogP contribution in [0.2, 0.25) is 0 Å². The fourth-order valence-corrected chi connectivity index (χ4v) is 4.14. The number of methoxy groups -OCH3 is 1. The summed E-state index contributed by atoms with van der Waals surface area (Å²) in [5.74, 6) is 0.696. The molecule has 3 aromatic rings. The molecule has 3 rings (SSSR count). The zero-order valence-electron chi connectivity index (χ0n) is 18.2. The van der Waals surface area contributed by atoms with Crippen molar-refractivity contribution in [3.8, 4) is 5.75 Å². The van der Waals surface area contributed by atoms with Gasteiger partial charge in [0.1, 0.15) is 11.4 Å². The van der Waals surface area contributed by atoms with Crippen LogP contribution < -0.4 is 4.74 Å². The van der Waals surface area contributed by atoms with Gasteiger partial charge in [0, 0.05) is 11.6 Å². The van der Waals surface area contributed by atoms with Crippen LogP contribution in [-0.2, 0) is 5.60 Å². The lowest BCUT2D eigenvalue weighted by Gasteiger charge is -2.36. The van der Waals surface area contributed by atoms with Gasteiger partial charge in [-0.15, -0.1) is 0 Å². The lowest BCUT2D eigenvalue weighted by Crippen LogP contribution is -2.33. The Morgan fingerprint density at radius 1 is 0.931 bits per heavy atom. The van der Waals surface area contributed by atoms with E-state index in [1.807, 2.05) is 68.4 Å². The van der Waals surface area contributed by atoms with Crippen LogP contribution in [0.1, 0.15) is 46.3 Å². The van der Waals surface area contributed by atoms with Gasteiger partial charge in [-0.3, -0.25) is 0 Å². The number of hydrogen-bond donors (Lipinski definition) is 1. The summed E-state index contributed by atoms with van der Waals surface area (Å²) in [5, 5.41) is 12.5. The third kappa shape index (κ3) is 3.81. The normalized spacial score (nSPS) is 14.5. The molecule has 0 aliphatic rings. The molecule has 0 amide bonds. The van der Waals surface area contributed by atoms with E-state index in [0.717, 1.165) is 33.4 Å². The van der Waals surface area contributed by atoms with Crippen molar-refractivity contribution >= 4 is 0 Å². The highest BCUT2D eigenvalue weighted by atomic mass is 16.5. The first-order valence-corrected chi connectivity index (χ1v) is 10.00. The van der Waals surface area contributed by atoms with Crippen LogP contribution in [0.5, 0.6) is 5.75 Å². The summed E-state index contributed by atoms with van der Waals surface area (Å²) in [6, 6.07) is 22.3. The fraction of sp³-hybridized carbons (Fsp3) is 0.308. The van der Waals surface area contributed by atoms with Gasteiger partial charge in [-0.2, -0.15) is 0 Å². The molecule has 0 bridgehead atoms. The molecule has 0 aliphatic carbocycles. The van der Waals surface area contributed by atoms with E-state index in [2.05, 4.69) is 38.1 Å². The number of nitrogens with zero attached hydrogens (tertiary/aromatic N) is 1. The predicted octanol–water partition coefficient (Wildman–Crippen LogP) is 5.22. The van der Waals surface area contributed by atoms with E-state index in [-0.39, 0.29) is 6.04 Å². The summed E-state index contributed by atoms with van der Waals surface area (Å²) in [6.07, 6.45) is 0. The first kappa shape index (κ1) is 21.1. The standard InChI is InChI=1S/C26H31NO2/c1-18-16-19(2)25(24(17-18)29-6)26(28,21-12-8-7-9-13-21)23-15-11-10-14-22(23)20(3)27(4)5/h7-17,20,28H,1-6H3/t20-,26?/m0/s1. The maximum absolute atomic E-state index is 12.5. The van der Waals surface area contributed by atoms with Crippen LogP contribution in [0.25, 0.3) is 0 Å². The molecule has 0 spiro atoms. The van der Waals surface area contributed by atoms with E-state index in [1.54, 1.807) is 7.11 Å². The van der Waals surface area contributed by atoms with Crippen molar-refractivity contribution in [2.75, 3.05) is 21.2 Å². The highest BCUT2D eigenvalue weighted by molar-refractivity contribution is 5.58. The molecule has 0 aliphatic heterocycles. The van der Waals surface area contributed by atoms with Crippen molar-refractivity contribution in [3.05, 3.63) is 100 Å². The van der Waals surface area contributed by atoms with Gasteiger partial charge in [0.05, 0.1) is 7.11 Å². The molecule has 3 heteroatoms. The average Bonchev–Trinajstić information content (AvgIpc) is 2.72. The molecule has 29 heavy (non-hydrogen) atoms. The summed E-state index contributed by atoms with van der Waals surface area (Å²) in [5.41, 5.74) is 4.34. The quantitative estimate of drug-likeness (QED) is 0.587. The van der Waals surface area contributed by atoms with E-state index in [9.17, 15) is 5.11 Å². The van der Waals surface area contributed by atoms with Gasteiger partial charge >= 0.3 is 0 Å². The Balaban J connectivity index is 2.42. The Bertz CT molecular complexity index is 981. The van der Waals surface area contributed by atoms with Crippen molar-refractivity contribution in [2.24, 2.45) is 0 Å². The van der Waals surface area contributed by atoms with E-state index in [4.69, 9.17) is 4.74 Å². The molecular weight excluding hydrogens is 358 g/mol. The Labute approximate surface area is 174 Å². The summed E-state index contributed by atoms with van der Waals surface area (Å²) in [4.78, 5) is 2.16. The van der Waals surface area contributed by atoms with Crippen molar-refractivity contribution in [2.45, 2.75) is 32.4 Å². The van der Waals surface area contributed by atoms with E-state index in [0.29, 0.717) is 5.75 Å². The minimum atomic E-state index is -1.34. The Hall–Kier alpha value is -2.62. The molecule has 0 heterocycles. The summed E-state index contributed by atoms with van der Waals surface area (Å²) in [6.45, 7) is 6.24. The second kappa shape index (κ2) is 8.40. The molecule has 0 aromatic heterocycles. The zero-order chi connectivity index (χ0) is 21.2. The molecule has 152 valence electrons.